The molecule has 0 aliphatic heterocycles. The smallest absolute Gasteiger partial charge is 0.347 e. The van der Waals surface area contributed by atoms with Crippen molar-refractivity contribution in [2.75, 3.05) is 5.32 Å². The fourth-order valence-corrected chi connectivity index (χ4v) is 3.17. The molecule has 2 aromatic carbocycles. The quantitative estimate of drug-likeness (QED) is 0.394. The third-order valence-corrected chi connectivity index (χ3v) is 4.39. The lowest BCUT2D eigenvalue weighted by molar-refractivity contribution is -0.384. The van der Waals surface area contributed by atoms with Gasteiger partial charge < -0.3 is 14.2 Å². The number of nitro groups is 1. The maximum Gasteiger partial charge on any atom is 0.347 e. The normalized spacial score (nSPS) is 10.9. The molecule has 4 aromatic rings. The van der Waals surface area contributed by atoms with Gasteiger partial charge in [0.15, 0.2) is 0 Å². The summed E-state index contributed by atoms with van der Waals surface area (Å²) >= 11 is 0. The second-order valence-electron chi connectivity index (χ2n) is 6.30. The first-order valence-corrected chi connectivity index (χ1v) is 8.63. The van der Waals surface area contributed by atoms with Crippen LogP contribution in [-0.4, -0.2) is 4.92 Å². The SMILES string of the molecule is Cc1cc2oc(NCc3ccccc3)c(-c3ccccc3[N+](=O)[O-])c2c(=O)o1. The van der Waals surface area contributed by atoms with Gasteiger partial charge in [-0.3, -0.25) is 10.1 Å². The van der Waals surface area contributed by atoms with Crippen molar-refractivity contribution in [3.05, 3.63) is 92.5 Å². The molecule has 2 aromatic heterocycles. The van der Waals surface area contributed by atoms with Gasteiger partial charge in [0.05, 0.1) is 16.1 Å². The number of furan rings is 1. The summed E-state index contributed by atoms with van der Waals surface area (Å²) in [6.45, 7) is 2.07. The van der Waals surface area contributed by atoms with Crippen molar-refractivity contribution in [1.82, 2.24) is 0 Å². The van der Waals surface area contributed by atoms with Crippen LogP contribution in [0.1, 0.15) is 11.3 Å². The number of aryl methyl sites for hydroxylation is 1. The number of nitrogens with one attached hydrogen (secondary N) is 1. The maximum atomic E-state index is 12.5. The van der Waals surface area contributed by atoms with E-state index in [-0.39, 0.29) is 22.5 Å². The molecule has 7 heteroatoms. The fraction of sp³-hybridized carbons (Fsp3) is 0.0952. The first-order valence-electron chi connectivity index (χ1n) is 8.63. The van der Waals surface area contributed by atoms with E-state index >= 15 is 0 Å². The zero-order chi connectivity index (χ0) is 19.7. The molecule has 0 atom stereocenters. The summed E-state index contributed by atoms with van der Waals surface area (Å²) in [6, 6.07) is 17.5. The maximum absolute atomic E-state index is 12.5. The highest BCUT2D eigenvalue weighted by atomic mass is 16.6. The predicted molar refractivity (Wildman–Crippen MR) is 105 cm³/mol. The molecule has 0 bridgehead atoms. The number of anilines is 1. The average Bonchev–Trinajstić information content (AvgIpc) is 3.05. The Kier molecular flexibility index (Phi) is 4.41. The first kappa shape index (κ1) is 17.5. The fourth-order valence-electron chi connectivity index (χ4n) is 3.17. The van der Waals surface area contributed by atoms with Crippen molar-refractivity contribution in [3.63, 3.8) is 0 Å². The average molecular weight is 376 g/mol. The number of benzene rings is 2. The monoisotopic (exact) mass is 376 g/mol. The van der Waals surface area contributed by atoms with Crippen molar-refractivity contribution in [2.45, 2.75) is 13.5 Å². The van der Waals surface area contributed by atoms with Gasteiger partial charge >= 0.3 is 5.63 Å². The third-order valence-electron chi connectivity index (χ3n) is 4.39. The Hall–Kier alpha value is -3.87. The Balaban J connectivity index is 1.92. The minimum Gasteiger partial charge on any atom is -0.440 e. The minimum absolute atomic E-state index is 0.118. The number of nitro benzene ring substituents is 1. The number of para-hydroxylation sites is 1. The Bertz CT molecular complexity index is 1220. The summed E-state index contributed by atoms with van der Waals surface area (Å²) in [7, 11) is 0. The first-order chi connectivity index (χ1) is 13.5. The van der Waals surface area contributed by atoms with Crippen LogP contribution in [0.2, 0.25) is 0 Å². The van der Waals surface area contributed by atoms with Crippen molar-refractivity contribution in [3.8, 4) is 11.1 Å². The molecule has 7 nitrogen and oxygen atoms in total. The van der Waals surface area contributed by atoms with Crippen LogP contribution in [0.15, 0.2) is 74.3 Å². The second-order valence-corrected chi connectivity index (χ2v) is 6.30. The molecule has 0 unspecified atom stereocenters. The van der Waals surface area contributed by atoms with Gasteiger partial charge in [-0.05, 0) is 18.6 Å². The highest BCUT2D eigenvalue weighted by Crippen LogP contribution is 2.41. The van der Waals surface area contributed by atoms with Crippen LogP contribution in [0.5, 0.6) is 0 Å². The number of hydrogen-bond donors (Lipinski definition) is 1. The van der Waals surface area contributed by atoms with Crippen LogP contribution in [0.25, 0.3) is 22.1 Å². The van der Waals surface area contributed by atoms with E-state index in [4.69, 9.17) is 8.83 Å². The van der Waals surface area contributed by atoms with Crippen molar-refractivity contribution >= 4 is 22.5 Å². The van der Waals surface area contributed by atoms with Gasteiger partial charge in [0.25, 0.3) is 5.69 Å². The van der Waals surface area contributed by atoms with Gasteiger partial charge in [-0.2, -0.15) is 0 Å². The molecule has 2 heterocycles. The second kappa shape index (κ2) is 7.03. The van der Waals surface area contributed by atoms with E-state index in [2.05, 4.69) is 5.32 Å². The van der Waals surface area contributed by atoms with E-state index in [1.54, 1.807) is 31.2 Å². The highest BCUT2D eigenvalue weighted by Gasteiger charge is 2.26. The molecule has 0 spiro atoms. The summed E-state index contributed by atoms with van der Waals surface area (Å²) in [4.78, 5) is 23.6. The molecule has 140 valence electrons. The van der Waals surface area contributed by atoms with E-state index in [0.29, 0.717) is 23.5 Å². The lowest BCUT2D eigenvalue weighted by Gasteiger charge is -2.07. The molecule has 0 saturated carbocycles. The number of hydrogen-bond acceptors (Lipinski definition) is 6. The topological polar surface area (TPSA) is 98.5 Å². The predicted octanol–water partition coefficient (Wildman–Crippen LogP) is 4.88. The zero-order valence-corrected chi connectivity index (χ0v) is 15.0. The molecular weight excluding hydrogens is 360 g/mol. The standard InChI is InChI=1S/C21H16N2O5/c1-13-11-17-19(21(24)27-13)18(15-9-5-6-10-16(15)23(25)26)20(28-17)22-12-14-7-3-2-4-8-14/h2-11,22H,12H2,1H3. The number of fused-ring (bicyclic) bond motifs is 1. The van der Waals surface area contributed by atoms with Gasteiger partial charge in [0.2, 0.25) is 5.88 Å². The summed E-state index contributed by atoms with van der Waals surface area (Å²) < 4.78 is 11.1. The molecule has 4 rings (SSSR count). The minimum atomic E-state index is -0.598. The van der Waals surface area contributed by atoms with Gasteiger partial charge in [0, 0.05) is 18.7 Å². The molecule has 0 radical (unpaired) electrons. The van der Waals surface area contributed by atoms with E-state index in [1.165, 1.54) is 6.07 Å². The summed E-state index contributed by atoms with van der Waals surface area (Å²) in [5.41, 5.74) is 1.22. The molecule has 0 amide bonds. The van der Waals surface area contributed by atoms with Crippen molar-refractivity contribution in [1.29, 1.82) is 0 Å². The van der Waals surface area contributed by atoms with Gasteiger partial charge in [-0.15, -0.1) is 0 Å². The Labute approximate surface area is 159 Å². The third kappa shape index (κ3) is 3.14. The number of nitrogens with zero attached hydrogens (tertiary/aromatic N) is 1. The highest BCUT2D eigenvalue weighted by molar-refractivity contribution is 6.01. The molecule has 0 fully saturated rings. The molecule has 0 aliphatic carbocycles. The Morgan fingerprint density at radius 1 is 1.04 bits per heavy atom. The van der Waals surface area contributed by atoms with E-state index in [0.717, 1.165) is 5.56 Å². The van der Waals surface area contributed by atoms with Gasteiger partial charge in [0.1, 0.15) is 16.7 Å². The zero-order valence-electron chi connectivity index (χ0n) is 15.0. The van der Waals surface area contributed by atoms with Crippen LogP contribution < -0.4 is 10.9 Å². The van der Waals surface area contributed by atoms with E-state index in [1.807, 2.05) is 30.3 Å². The summed E-state index contributed by atoms with van der Waals surface area (Å²) in [6.07, 6.45) is 0. The molecule has 1 N–H and O–H groups in total. The van der Waals surface area contributed by atoms with Crippen LogP contribution in [-0.2, 0) is 6.54 Å². The Morgan fingerprint density at radius 3 is 2.50 bits per heavy atom. The van der Waals surface area contributed by atoms with E-state index < -0.39 is 10.5 Å². The molecular formula is C21H16N2O5. The van der Waals surface area contributed by atoms with Crippen LogP contribution >= 0.6 is 0 Å². The van der Waals surface area contributed by atoms with Crippen molar-refractivity contribution < 1.29 is 13.8 Å². The van der Waals surface area contributed by atoms with Crippen molar-refractivity contribution in [2.24, 2.45) is 0 Å². The molecule has 0 saturated heterocycles. The largest absolute Gasteiger partial charge is 0.440 e. The summed E-state index contributed by atoms with van der Waals surface area (Å²) in [5.74, 6) is 0.682. The molecule has 28 heavy (non-hydrogen) atoms. The molecule has 0 aliphatic rings. The van der Waals surface area contributed by atoms with Gasteiger partial charge in [-0.25, -0.2) is 4.79 Å². The summed E-state index contributed by atoms with van der Waals surface area (Å²) in [5, 5.41) is 14.9. The van der Waals surface area contributed by atoms with E-state index in [9.17, 15) is 14.9 Å². The van der Waals surface area contributed by atoms with Crippen LogP contribution in [0, 0.1) is 17.0 Å². The lowest BCUT2D eigenvalue weighted by atomic mass is 10.0. The van der Waals surface area contributed by atoms with Crippen LogP contribution in [0.3, 0.4) is 0 Å². The van der Waals surface area contributed by atoms with Gasteiger partial charge in [-0.1, -0.05) is 42.5 Å². The van der Waals surface area contributed by atoms with Crippen LogP contribution in [0.4, 0.5) is 11.6 Å². The Morgan fingerprint density at radius 2 is 1.75 bits per heavy atom. The number of rotatable bonds is 5. The lowest BCUT2D eigenvalue weighted by Crippen LogP contribution is -2.03.